The number of para-hydroxylation sites is 1. The first kappa shape index (κ1) is 18.7. The van der Waals surface area contributed by atoms with Gasteiger partial charge < -0.3 is 15.5 Å². The maximum atomic E-state index is 4.71. The molecular weight excluding hydrogens is 342 g/mol. The van der Waals surface area contributed by atoms with Crippen molar-refractivity contribution in [2.24, 2.45) is 10.9 Å². The maximum absolute atomic E-state index is 4.71. The fourth-order valence-electron chi connectivity index (χ4n) is 3.21. The zero-order valence-electron chi connectivity index (χ0n) is 16.0. The van der Waals surface area contributed by atoms with E-state index in [4.69, 9.17) is 4.99 Å². The van der Waals surface area contributed by atoms with Gasteiger partial charge in [0.1, 0.15) is 5.01 Å². The van der Waals surface area contributed by atoms with E-state index in [0.29, 0.717) is 12.5 Å². The largest absolute Gasteiger partial charge is 0.371 e. The zero-order valence-corrected chi connectivity index (χ0v) is 16.8. The number of thiazole rings is 1. The Balaban J connectivity index is 1.51. The summed E-state index contributed by atoms with van der Waals surface area (Å²) in [4.78, 5) is 13.0. The summed E-state index contributed by atoms with van der Waals surface area (Å²) in [7, 11) is 0. The smallest absolute Gasteiger partial charge is 0.191 e. The number of anilines is 1. The molecule has 26 heavy (non-hydrogen) atoms. The van der Waals surface area contributed by atoms with Crippen molar-refractivity contribution in [2.45, 2.75) is 33.7 Å². The zero-order chi connectivity index (χ0) is 18.4. The number of aryl methyl sites for hydroxylation is 2. The monoisotopic (exact) mass is 371 g/mol. The lowest BCUT2D eigenvalue weighted by molar-refractivity contribution is 0.566. The van der Waals surface area contributed by atoms with Crippen LogP contribution in [0.1, 0.15) is 28.9 Å². The Morgan fingerprint density at radius 2 is 2.08 bits per heavy atom. The molecule has 1 aromatic carbocycles. The topological polar surface area (TPSA) is 52.6 Å². The number of aromatic nitrogens is 1. The summed E-state index contributed by atoms with van der Waals surface area (Å²) < 4.78 is 0. The van der Waals surface area contributed by atoms with Crippen LogP contribution < -0.4 is 15.5 Å². The summed E-state index contributed by atoms with van der Waals surface area (Å²) >= 11 is 1.74. The molecule has 2 aromatic rings. The Morgan fingerprint density at radius 3 is 2.77 bits per heavy atom. The molecule has 5 nitrogen and oxygen atoms in total. The van der Waals surface area contributed by atoms with Crippen molar-refractivity contribution in [3.8, 4) is 0 Å². The Morgan fingerprint density at radius 1 is 1.27 bits per heavy atom. The second kappa shape index (κ2) is 9.03. The second-order valence-corrected chi connectivity index (χ2v) is 8.05. The molecule has 1 atom stereocenters. The third-order valence-electron chi connectivity index (χ3n) is 4.75. The lowest BCUT2D eigenvalue weighted by atomic mass is 10.1. The minimum atomic E-state index is 0.634. The Hall–Kier alpha value is -2.08. The molecule has 3 rings (SSSR count). The van der Waals surface area contributed by atoms with E-state index >= 15 is 0 Å². The van der Waals surface area contributed by atoms with Gasteiger partial charge >= 0.3 is 0 Å². The van der Waals surface area contributed by atoms with E-state index in [2.05, 4.69) is 71.6 Å². The number of nitrogens with zero attached hydrogens (tertiary/aromatic N) is 3. The summed E-state index contributed by atoms with van der Waals surface area (Å²) in [6.45, 7) is 10.9. The Kier molecular flexibility index (Phi) is 6.50. The summed E-state index contributed by atoms with van der Waals surface area (Å²) in [6.07, 6.45) is 1.21. The molecule has 0 bridgehead atoms. The average molecular weight is 372 g/mol. The maximum Gasteiger partial charge on any atom is 0.191 e. The molecule has 0 aliphatic carbocycles. The van der Waals surface area contributed by atoms with Gasteiger partial charge in [-0.15, -0.1) is 11.3 Å². The van der Waals surface area contributed by atoms with Crippen LogP contribution in [-0.2, 0) is 6.54 Å². The van der Waals surface area contributed by atoms with Crippen molar-refractivity contribution in [3.05, 3.63) is 45.9 Å². The quantitative estimate of drug-likeness (QED) is 0.604. The van der Waals surface area contributed by atoms with Gasteiger partial charge in [-0.1, -0.05) is 18.2 Å². The highest BCUT2D eigenvalue weighted by Crippen LogP contribution is 2.23. The highest BCUT2D eigenvalue weighted by Gasteiger charge is 2.22. The van der Waals surface area contributed by atoms with Crippen LogP contribution in [0.5, 0.6) is 0 Å². The molecule has 1 unspecified atom stereocenters. The fourth-order valence-corrected chi connectivity index (χ4v) is 4.07. The van der Waals surface area contributed by atoms with Crippen LogP contribution in [0.15, 0.2) is 35.3 Å². The average Bonchev–Trinajstić information content (AvgIpc) is 3.25. The van der Waals surface area contributed by atoms with E-state index in [1.54, 1.807) is 11.3 Å². The number of hydrogen-bond donors (Lipinski definition) is 2. The van der Waals surface area contributed by atoms with E-state index in [1.165, 1.54) is 17.0 Å². The van der Waals surface area contributed by atoms with Crippen molar-refractivity contribution >= 4 is 23.0 Å². The van der Waals surface area contributed by atoms with Gasteiger partial charge in [-0.2, -0.15) is 0 Å². The van der Waals surface area contributed by atoms with Gasteiger partial charge in [0.05, 0.1) is 12.2 Å². The number of aliphatic imine (C=N–C) groups is 1. The number of guanidine groups is 1. The first-order valence-corrected chi connectivity index (χ1v) is 10.2. The Labute approximate surface area is 160 Å². The first-order chi connectivity index (χ1) is 12.7. The van der Waals surface area contributed by atoms with Gasteiger partial charge in [-0.25, -0.2) is 9.98 Å². The van der Waals surface area contributed by atoms with E-state index in [9.17, 15) is 0 Å². The predicted octanol–water partition coefficient (Wildman–Crippen LogP) is 3.34. The van der Waals surface area contributed by atoms with Crippen LogP contribution >= 0.6 is 11.3 Å². The van der Waals surface area contributed by atoms with Gasteiger partial charge in [-0.05, 0) is 45.2 Å². The number of nitrogens with one attached hydrogen (secondary N) is 2. The normalized spacial score (nSPS) is 17.6. The third kappa shape index (κ3) is 4.97. The molecule has 1 saturated heterocycles. The molecule has 140 valence electrons. The molecule has 6 heteroatoms. The summed E-state index contributed by atoms with van der Waals surface area (Å²) in [6, 6.07) is 10.7. The molecule has 2 heterocycles. The van der Waals surface area contributed by atoms with Crippen molar-refractivity contribution in [2.75, 3.05) is 31.1 Å². The molecule has 0 amide bonds. The fraction of sp³-hybridized carbons (Fsp3) is 0.500. The number of benzene rings is 1. The molecule has 0 saturated carbocycles. The first-order valence-electron chi connectivity index (χ1n) is 9.40. The van der Waals surface area contributed by atoms with Gasteiger partial charge in [-0.3, -0.25) is 0 Å². The van der Waals surface area contributed by atoms with Crippen LogP contribution in [0, 0.1) is 19.8 Å². The highest BCUT2D eigenvalue weighted by atomic mass is 32.1. The van der Waals surface area contributed by atoms with Crippen LogP contribution in [0.2, 0.25) is 0 Å². The molecule has 0 spiro atoms. The SMILES string of the molecule is CCNC(=NCc1nc(C)c(C)s1)NCC1CCN(c2ccccc2)C1. The summed E-state index contributed by atoms with van der Waals surface area (Å²) in [5.41, 5.74) is 2.44. The minimum absolute atomic E-state index is 0.634. The Bertz CT molecular complexity index is 706. The number of rotatable bonds is 6. The summed E-state index contributed by atoms with van der Waals surface area (Å²) in [5.74, 6) is 1.53. The molecular formula is C20H29N5S. The van der Waals surface area contributed by atoms with Gasteiger partial charge in [0.2, 0.25) is 0 Å². The van der Waals surface area contributed by atoms with Crippen LogP contribution in [0.3, 0.4) is 0 Å². The molecule has 1 aromatic heterocycles. The lowest BCUT2D eigenvalue weighted by Gasteiger charge is -2.19. The van der Waals surface area contributed by atoms with Crippen LogP contribution in [-0.4, -0.2) is 37.1 Å². The van der Waals surface area contributed by atoms with Gasteiger partial charge in [0.25, 0.3) is 0 Å². The number of hydrogen-bond acceptors (Lipinski definition) is 4. The van der Waals surface area contributed by atoms with Crippen molar-refractivity contribution in [1.29, 1.82) is 0 Å². The van der Waals surface area contributed by atoms with Crippen LogP contribution in [0.4, 0.5) is 5.69 Å². The van der Waals surface area contributed by atoms with E-state index in [1.807, 2.05) is 0 Å². The molecule has 0 radical (unpaired) electrons. The van der Waals surface area contributed by atoms with E-state index < -0.39 is 0 Å². The predicted molar refractivity (Wildman–Crippen MR) is 111 cm³/mol. The van der Waals surface area contributed by atoms with Crippen molar-refractivity contribution in [3.63, 3.8) is 0 Å². The van der Waals surface area contributed by atoms with Crippen LogP contribution in [0.25, 0.3) is 0 Å². The van der Waals surface area contributed by atoms with Gasteiger partial charge in [0.15, 0.2) is 5.96 Å². The molecule has 2 N–H and O–H groups in total. The standard InChI is InChI=1S/C20H29N5S/c1-4-21-20(23-13-19-24-15(2)16(3)26-19)22-12-17-10-11-25(14-17)18-8-6-5-7-9-18/h5-9,17H,4,10-14H2,1-3H3,(H2,21,22,23). The molecule has 1 aliphatic rings. The van der Waals surface area contributed by atoms with Gasteiger partial charge in [0, 0.05) is 36.7 Å². The van der Waals surface area contributed by atoms with E-state index in [-0.39, 0.29) is 0 Å². The lowest BCUT2D eigenvalue weighted by Crippen LogP contribution is -2.40. The molecule has 1 fully saturated rings. The molecule has 1 aliphatic heterocycles. The van der Waals surface area contributed by atoms with Crippen molar-refractivity contribution in [1.82, 2.24) is 15.6 Å². The summed E-state index contributed by atoms with van der Waals surface area (Å²) in [5, 5.41) is 7.94. The van der Waals surface area contributed by atoms with E-state index in [0.717, 1.165) is 42.8 Å². The second-order valence-electron chi connectivity index (χ2n) is 6.76. The highest BCUT2D eigenvalue weighted by molar-refractivity contribution is 7.11. The minimum Gasteiger partial charge on any atom is -0.371 e. The van der Waals surface area contributed by atoms with Crippen molar-refractivity contribution < 1.29 is 0 Å². The third-order valence-corrected chi connectivity index (χ3v) is 5.81.